The highest BCUT2D eigenvalue weighted by Gasteiger charge is 2.04. The molecule has 0 saturated carbocycles. The lowest BCUT2D eigenvalue weighted by Gasteiger charge is -2.03. The zero-order valence-electron chi connectivity index (χ0n) is 6.23. The minimum absolute atomic E-state index is 0.462. The molecule has 0 aromatic carbocycles. The number of nitrogens with one attached hydrogen (secondary N) is 1. The van der Waals surface area contributed by atoms with E-state index in [1.165, 1.54) is 0 Å². The van der Waals surface area contributed by atoms with Gasteiger partial charge in [-0.05, 0) is 12.0 Å². The topological polar surface area (TPSA) is 15.3 Å². The van der Waals surface area contributed by atoms with Gasteiger partial charge in [-0.3, -0.25) is 0 Å². The van der Waals surface area contributed by atoms with E-state index in [0.717, 1.165) is 30.2 Å². The quantitative estimate of drug-likeness (QED) is 0.554. The van der Waals surface area contributed by atoms with Gasteiger partial charge in [0, 0.05) is 19.3 Å². The predicted molar refractivity (Wildman–Crippen MR) is 39.1 cm³/mol. The molecule has 0 radical (unpaired) electrons. The number of hydrogen-bond acceptors (Lipinski definition) is 2. The van der Waals surface area contributed by atoms with E-state index >= 15 is 0 Å². The van der Waals surface area contributed by atoms with E-state index in [4.69, 9.17) is 0 Å². The Kier molecular flexibility index (Phi) is 2.68. The molecule has 1 aliphatic rings. The largest absolute Gasteiger partial charge is 0.311 e. The lowest BCUT2D eigenvalue weighted by Crippen LogP contribution is -2.21. The molecule has 0 amide bonds. The Hall–Kier alpha value is -0.570. The Morgan fingerprint density at radius 3 is 3.30 bits per heavy atom. The Balaban J connectivity index is 2.50. The van der Waals surface area contributed by atoms with Crippen LogP contribution in [0.2, 0.25) is 0 Å². The van der Waals surface area contributed by atoms with E-state index in [-0.39, 0.29) is 0 Å². The summed E-state index contributed by atoms with van der Waals surface area (Å²) >= 11 is 0. The second-order valence-electron chi connectivity index (χ2n) is 2.44. The summed E-state index contributed by atoms with van der Waals surface area (Å²) < 4.78 is 12.6. The van der Waals surface area contributed by atoms with Gasteiger partial charge in [-0.1, -0.05) is 6.92 Å². The highest BCUT2D eigenvalue weighted by Crippen LogP contribution is 2.04. The molecule has 0 unspecified atom stereocenters. The van der Waals surface area contributed by atoms with Crippen molar-refractivity contribution in [1.29, 1.82) is 0 Å². The molecule has 0 aromatic heterocycles. The normalized spacial score (nSPS) is 20.2. The molecule has 1 rings (SSSR count). The zero-order valence-corrected chi connectivity index (χ0v) is 6.23. The first-order chi connectivity index (χ1) is 4.83. The molecular formula is C7H13FN2. The second-order valence-corrected chi connectivity index (χ2v) is 2.44. The van der Waals surface area contributed by atoms with E-state index in [2.05, 4.69) is 5.32 Å². The molecule has 10 heavy (non-hydrogen) atoms. The molecular weight excluding hydrogens is 131 g/mol. The van der Waals surface area contributed by atoms with Gasteiger partial charge in [0.2, 0.25) is 0 Å². The van der Waals surface area contributed by atoms with Crippen LogP contribution in [0, 0.1) is 0 Å². The fraction of sp³-hybridized carbons (Fsp3) is 0.714. The minimum atomic E-state index is 0.462. The van der Waals surface area contributed by atoms with Crippen molar-refractivity contribution in [1.82, 2.24) is 10.4 Å². The average molecular weight is 144 g/mol. The maximum Gasteiger partial charge on any atom is 0.0623 e. The molecule has 2 nitrogen and oxygen atoms in total. The molecule has 0 saturated heterocycles. The maximum absolute atomic E-state index is 12.6. The van der Waals surface area contributed by atoms with E-state index in [9.17, 15) is 4.48 Å². The molecule has 1 N–H and O–H groups in total. The Labute approximate surface area is 60.6 Å². The highest BCUT2D eigenvalue weighted by atomic mass is 19.2. The summed E-state index contributed by atoms with van der Waals surface area (Å²) in [6.07, 6.45) is 2.51. The monoisotopic (exact) mass is 144 g/mol. The Morgan fingerprint density at radius 1 is 1.80 bits per heavy atom. The molecule has 0 aliphatic carbocycles. The Morgan fingerprint density at radius 2 is 2.60 bits per heavy atom. The van der Waals surface area contributed by atoms with Crippen LogP contribution in [-0.4, -0.2) is 24.8 Å². The van der Waals surface area contributed by atoms with Gasteiger partial charge in [-0.25, -0.2) is 5.12 Å². The van der Waals surface area contributed by atoms with Crippen molar-refractivity contribution in [2.45, 2.75) is 13.3 Å². The highest BCUT2D eigenvalue weighted by molar-refractivity contribution is 5.03. The van der Waals surface area contributed by atoms with Gasteiger partial charge in [0.1, 0.15) is 0 Å². The van der Waals surface area contributed by atoms with Crippen molar-refractivity contribution in [2.24, 2.45) is 0 Å². The number of hydrogen-bond donors (Lipinski definition) is 1. The first-order valence-electron chi connectivity index (χ1n) is 3.65. The smallest absolute Gasteiger partial charge is 0.0623 e. The molecule has 3 heteroatoms. The molecule has 0 bridgehead atoms. The lowest BCUT2D eigenvalue weighted by molar-refractivity contribution is 0.0930. The summed E-state index contributed by atoms with van der Waals surface area (Å²) in [5, 5.41) is 3.88. The van der Waals surface area contributed by atoms with Gasteiger partial charge in [-0.15, -0.1) is 4.48 Å². The lowest BCUT2D eigenvalue weighted by atomic mass is 10.2. The van der Waals surface area contributed by atoms with E-state index in [1.54, 1.807) is 6.20 Å². The van der Waals surface area contributed by atoms with Gasteiger partial charge < -0.3 is 5.32 Å². The third-order valence-corrected chi connectivity index (χ3v) is 1.63. The van der Waals surface area contributed by atoms with Gasteiger partial charge >= 0.3 is 0 Å². The van der Waals surface area contributed by atoms with Crippen LogP contribution in [0.25, 0.3) is 0 Å². The first-order valence-corrected chi connectivity index (χ1v) is 3.65. The van der Waals surface area contributed by atoms with E-state index < -0.39 is 0 Å². The maximum atomic E-state index is 12.6. The van der Waals surface area contributed by atoms with Crippen molar-refractivity contribution in [3.63, 3.8) is 0 Å². The van der Waals surface area contributed by atoms with E-state index in [0.29, 0.717) is 6.54 Å². The van der Waals surface area contributed by atoms with Crippen LogP contribution >= 0.6 is 0 Å². The van der Waals surface area contributed by atoms with E-state index in [1.807, 2.05) is 6.92 Å². The molecule has 1 aliphatic heterocycles. The van der Waals surface area contributed by atoms with Crippen LogP contribution in [0.1, 0.15) is 13.3 Å². The molecule has 58 valence electrons. The second kappa shape index (κ2) is 3.56. The third kappa shape index (κ3) is 1.99. The van der Waals surface area contributed by atoms with Crippen molar-refractivity contribution in [2.75, 3.05) is 19.6 Å². The predicted octanol–water partition coefficient (Wildman–Crippen LogP) is 1.07. The molecule has 1 heterocycles. The molecule has 0 aromatic rings. The third-order valence-electron chi connectivity index (χ3n) is 1.63. The van der Waals surface area contributed by atoms with Crippen LogP contribution in [0.15, 0.2) is 11.8 Å². The van der Waals surface area contributed by atoms with Crippen LogP contribution in [0.3, 0.4) is 0 Å². The van der Waals surface area contributed by atoms with Gasteiger partial charge in [-0.2, -0.15) is 0 Å². The molecule has 0 spiro atoms. The van der Waals surface area contributed by atoms with Crippen molar-refractivity contribution < 1.29 is 4.48 Å². The van der Waals surface area contributed by atoms with Crippen molar-refractivity contribution >= 4 is 0 Å². The van der Waals surface area contributed by atoms with Crippen LogP contribution in [0.4, 0.5) is 4.48 Å². The SMILES string of the molecule is CCC1=CN(F)CCNC1. The standard InChI is InChI=1S/C7H13FN2/c1-2-7-5-9-3-4-10(8)6-7/h6,9H,2-5H2,1H3. The summed E-state index contributed by atoms with van der Waals surface area (Å²) in [6.45, 7) is 4.06. The number of nitrogens with zero attached hydrogens (tertiary/aromatic N) is 1. The minimum Gasteiger partial charge on any atom is -0.311 e. The average Bonchev–Trinajstić information content (AvgIpc) is 2.13. The zero-order chi connectivity index (χ0) is 7.40. The Bertz CT molecular complexity index is 134. The number of halogens is 1. The fourth-order valence-corrected chi connectivity index (χ4v) is 0.959. The molecule has 0 atom stereocenters. The van der Waals surface area contributed by atoms with Crippen LogP contribution < -0.4 is 5.32 Å². The fourth-order valence-electron chi connectivity index (χ4n) is 0.959. The van der Waals surface area contributed by atoms with Gasteiger partial charge in [0.15, 0.2) is 0 Å². The van der Waals surface area contributed by atoms with Crippen molar-refractivity contribution in [3.8, 4) is 0 Å². The first kappa shape index (κ1) is 7.54. The summed E-state index contributed by atoms with van der Waals surface area (Å²) in [5.74, 6) is 0. The summed E-state index contributed by atoms with van der Waals surface area (Å²) in [4.78, 5) is 0. The number of rotatable bonds is 1. The summed E-state index contributed by atoms with van der Waals surface area (Å²) in [5.41, 5.74) is 1.13. The summed E-state index contributed by atoms with van der Waals surface area (Å²) in [7, 11) is 0. The molecule has 0 fully saturated rings. The van der Waals surface area contributed by atoms with Crippen LogP contribution in [0.5, 0.6) is 0 Å². The van der Waals surface area contributed by atoms with Gasteiger partial charge in [0.25, 0.3) is 0 Å². The van der Waals surface area contributed by atoms with Gasteiger partial charge in [0.05, 0.1) is 6.54 Å². The van der Waals surface area contributed by atoms with Crippen LogP contribution in [-0.2, 0) is 0 Å². The summed E-state index contributed by atoms with van der Waals surface area (Å²) in [6, 6.07) is 0. The van der Waals surface area contributed by atoms with Crippen molar-refractivity contribution in [3.05, 3.63) is 11.8 Å².